The predicted molar refractivity (Wildman–Crippen MR) is 90.0 cm³/mol. The third-order valence-electron chi connectivity index (χ3n) is 2.76. The summed E-state index contributed by atoms with van der Waals surface area (Å²) in [5, 5.41) is 13.1. The van der Waals surface area contributed by atoms with Gasteiger partial charge in [0.1, 0.15) is 5.75 Å². The van der Waals surface area contributed by atoms with Crippen LogP contribution in [0.4, 0.5) is 0 Å². The number of benzene rings is 2. The van der Waals surface area contributed by atoms with Gasteiger partial charge in [-0.1, -0.05) is 28.1 Å². The lowest BCUT2D eigenvalue weighted by molar-refractivity contribution is -0.123. The van der Waals surface area contributed by atoms with E-state index in [0.29, 0.717) is 17.1 Å². The van der Waals surface area contributed by atoms with E-state index in [1.54, 1.807) is 36.4 Å². The van der Waals surface area contributed by atoms with Gasteiger partial charge in [-0.3, -0.25) is 4.79 Å². The van der Waals surface area contributed by atoms with Gasteiger partial charge in [-0.15, -0.1) is 0 Å². The van der Waals surface area contributed by atoms with Crippen LogP contribution in [0.1, 0.15) is 5.56 Å². The minimum atomic E-state index is -0.411. The smallest absolute Gasteiger partial charge is 0.277 e. The van der Waals surface area contributed by atoms with E-state index in [0.717, 1.165) is 4.47 Å². The van der Waals surface area contributed by atoms with Crippen molar-refractivity contribution in [2.45, 2.75) is 0 Å². The molecule has 0 aliphatic rings. The Morgan fingerprint density at radius 1 is 1.30 bits per heavy atom. The number of hydrogen-bond donors (Lipinski definition) is 2. The number of ether oxygens (including phenoxy) is 2. The van der Waals surface area contributed by atoms with Crippen molar-refractivity contribution >= 4 is 28.1 Å². The van der Waals surface area contributed by atoms with Crippen LogP contribution < -0.4 is 14.9 Å². The molecule has 0 unspecified atom stereocenters. The highest BCUT2D eigenvalue weighted by atomic mass is 79.9. The fourth-order valence-corrected chi connectivity index (χ4v) is 2.06. The van der Waals surface area contributed by atoms with Crippen molar-refractivity contribution < 1.29 is 19.4 Å². The van der Waals surface area contributed by atoms with Crippen LogP contribution in [0.25, 0.3) is 0 Å². The largest absolute Gasteiger partial charge is 0.508 e. The van der Waals surface area contributed by atoms with Gasteiger partial charge in [0.25, 0.3) is 5.91 Å². The standard InChI is InChI=1S/C16H15BrN2O4/c1-22-15-8-12(17)5-6-14(15)23-10-16(21)19-18-9-11-3-2-4-13(20)7-11/h2-9,20H,10H2,1H3,(H,19,21)/b18-9-. The minimum absolute atomic E-state index is 0.131. The first-order valence-electron chi connectivity index (χ1n) is 6.66. The third-order valence-corrected chi connectivity index (χ3v) is 3.25. The molecule has 0 heterocycles. The summed E-state index contributed by atoms with van der Waals surface area (Å²) in [5.74, 6) is 0.704. The summed E-state index contributed by atoms with van der Waals surface area (Å²) < 4.78 is 11.4. The Kier molecular flexibility index (Phi) is 5.99. The summed E-state index contributed by atoms with van der Waals surface area (Å²) in [6.07, 6.45) is 1.43. The molecular weight excluding hydrogens is 364 g/mol. The first-order chi connectivity index (χ1) is 11.1. The molecule has 0 fully saturated rings. The summed E-state index contributed by atoms with van der Waals surface area (Å²) in [6, 6.07) is 11.7. The molecule has 2 aromatic carbocycles. The van der Waals surface area contributed by atoms with Gasteiger partial charge in [0.05, 0.1) is 13.3 Å². The number of carbonyl (C=O) groups excluding carboxylic acids is 1. The molecule has 2 aromatic rings. The number of phenols is 1. The number of hydrogen-bond acceptors (Lipinski definition) is 5. The van der Waals surface area contributed by atoms with Gasteiger partial charge in [0.15, 0.2) is 18.1 Å². The summed E-state index contributed by atoms with van der Waals surface area (Å²) in [4.78, 5) is 11.7. The number of amides is 1. The van der Waals surface area contributed by atoms with Crippen molar-refractivity contribution in [1.82, 2.24) is 5.43 Å². The molecule has 0 aliphatic heterocycles. The zero-order valence-corrected chi connectivity index (χ0v) is 13.9. The van der Waals surface area contributed by atoms with Crippen LogP contribution in [0.3, 0.4) is 0 Å². The molecule has 0 bridgehead atoms. The molecule has 2 rings (SSSR count). The molecule has 1 amide bonds. The predicted octanol–water partition coefficient (Wildman–Crippen LogP) is 2.69. The van der Waals surface area contributed by atoms with Gasteiger partial charge in [-0.25, -0.2) is 5.43 Å². The van der Waals surface area contributed by atoms with Gasteiger partial charge >= 0.3 is 0 Å². The second-order valence-electron chi connectivity index (χ2n) is 4.47. The lowest BCUT2D eigenvalue weighted by Gasteiger charge is -2.10. The average Bonchev–Trinajstić information content (AvgIpc) is 2.53. The molecule has 6 nitrogen and oxygen atoms in total. The number of nitrogens with one attached hydrogen (secondary N) is 1. The van der Waals surface area contributed by atoms with Crippen molar-refractivity contribution in [3.63, 3.8) is 0 Å². The molecule has 0 atom stereocenters. The molecular formula is C16H15BrN2O4. The van der Waals surface area contributed by atoms with Gasteiger partial charge in [-0.2, -0.15) is 5.10 Å². The van der Waals surface area contributed by atoms with E-state index in [4.69, 9.17) is 9.47 Å². The van der Waals surface area contributed by atoms with E-state index in [2.05, 4.69) is 26.5 Å². The minimum Gasteiger partial charge on any atom is -0.508 e. The van der Waals surface area contributed by atoms with Gasteiger partial charge in [0, 0.05) is 4.47 Å². The maximum Gasteiger partial charge on any atom is 0.277 e. The second-order valence-corrected chi connectivity index (χ2v) is 5.39. The topological polar surface area (TPSA) is 80.2 Å². The number of carbonyl (C=O) groups is 1. The molecule has 120 valence electrons. The fraction of sp³-hybridized carbons (Fsp3) is 0.125. The number of methoxy groups -OCH3 is 1. The van der Waals surface area contributed by atoms with E-state index < -0.39 is 5.91 Å². The van der Waals surface area contributed by atoms with Crippen LogP contribution in [0, 0.1) is 0 Å². The van der Waals surface area contributed by atoms with E-state index in [-0.39, 0.29) is 12.4 Å². The molecule has 0 saturated carbocycles. The Morgan fingerprint density at radius 2 is 2.13 bits per heavy atom. The van der Waals surface area contributed by atoms with Crippen molar-refractivity contribution in [3.8, 4) is 17.2 Å². The first-order valence-corrected chi connectivity index (χ1v) is 7.45. The quantitative estimate of drug-likeness (QED) is 0.598. The number of hydrazone groups is 1. The summed E-state index contributed by atoms with van der Waals surface area (Å²) in [5.41, 5.74) is 3.01. The highest BCUT2D eigenvalue weighted by molar-refractivity contribution is 9.10. The van der Waals surface area contributed by atoms with Crippen molar-refractivity contribution in [2.24, 2.45) is 5.10 Å². The third kappa shape index (κ3) is 5.30. The Bertz CT molecular complexity index is 719. The molecule has 0 saturated heterocycles. The van der Waals surface area contributed by atoms with Gasteiger partial charge in [-0.05, 0) is 35.9 Å². The number of aromatic hydroxyl groups is 1. The summed E-state index contributed by atoms with van der Waals surface area (Å²) in [6.45, 7) is -0.199. The summed E-state index contributed by atoms with van der Waals surface area (Å²) in [7, 11) is 1.52. The molecule has 0 spiro atoms. The molecule has 23 heavy (non-hydrogen) atoms. The normalized spacial score (nSPS) is 10.5. The number of halogens is 1. The maximum absolute atomic E-state index is 11.7. The highest BCUT2D eigenvalue weighted by Crippen LogP contribution is 2.29. The van der Waals surface area contributed by atoms with E-state index in [1.807, 2.05) is 0 Å². The Labute approximate surface area is 141 Å². The van der Waals surface area contributed by atoms with Gasteiger partial charge < -0.3 is 14.6 Å². The monoisotopic (exact) mass is 378 g/mol. The Morgan fingerprint density at radius 3 is 2.87 bits per heavy atom. The van der Waals surface area contributed by atoms with Crippen LogP contribution in [-0.2, 0) is 4.79 Å². The molecule has 7 heteroatoms. The number of nitrogens with zero attached hydrogens (tertiary/aromatic N) is 1. The van der Waals surface area contributed by atoms with Crippen molar-refractivity contribution in [1.29, 1.82) is 0 Å². The summed E-state index contributed by atoms with van der Waals surface area (Å²) >= 11 is 3.33. The van der Waals surface area contributed by atoms with Crippen LogP contribution in [0.5, 0.6) is 17.2 Å². The lowest BCUT2D eigenvalue weighted by atomic mass is 10.2. The second kappa shape index (κ2) is 8.19. The molecule has 0 radical (unpaired) electrons. The average molecular weight is 379 g/mol. The molecule has 2 N–H and O–H groups in total. The lowest BCUT2D eigenvalue weighted by Crippen LogP contribution is -2.24. The van der Waals surface area contributed by atoms with Crippen LogP contribution in [-0.4, -0.2) is 30.9 Å². The fourth-order valence-electron chi connectivity index (χ4n) is 1.72. The first kappa shape index (κ1) is 16.8. The molecule has 0 aromatic heterocycles. The zero-order valence-electron chi connectivity index (χ0n) is 12.3. The van der Waals surface area contributed by atoms with Gasteiger partial charge in [0.2, 0.25) is 0 Å². The van der Waals surface area contributed by atoms with E-state index in [9.17, 15) is 9.90 Å². The highest BCUT2D eigenvalue weighted by Gasteiger charge is 2.07. The van der Waals surface area contributed by atoms with Crippen molar-refractivity contribution in [3.05, 3.63) is 52.5 Å². The Balaban J connectivity index is 1.86. The van der Waals surface area contributed by atoms with Crippen molar-refractivity contribution in [2.75, 3.05) is 13.7 Å². The zero-order chi connectivity index (χ0) is 16.7. The Hall–Kier alpha value is -2.54. The number of rotatable bonds is 6. The van der Waals surface area contributed by atoms with Crippen LogP contribution >= 0.6 is 15.9 Å². The van der Waals surface area contributed by atoms with Crippen LogP contribution in [0.15, 0.2) is 52.0 Å². The molecule has 0 aliphatic carbocycles. The maximum atomic E-state index is 11.7. The van der Waals surface area contributed by atoms with Crippen LogP contribution in [0.2, 0.25) is 0 Å². The van der Waals surface area contributed by atoms with E-state index >= 15 is 0 Å². The SMILES string of the molecule is COc1cc(Br)ccc1OCC(=O)N/N=C\c1cccc(O)c1. The van der Waals surface area contributed by atoms with E-state index in [1.165, 1.54) is 19.4 Å². The number of phenolic OH excluding ortho intramolecular Hbond substituents is 1.